The van der Waals surface area contributed by atoms with E-state index in [1.807, 2.05) is 73.2 Å². The zero-order valence-corrected chi connectivity index (χ0v) is 21.3. The van der Waals surface area contributed by atoms with Crippen molar-refractivity contribution in [2.24, 2.45) is 0 Å². The van der Waals surface area contributed by atoms with Crippen LogP contribution in [0.5, 0.6) is 0 Å². The Morgan fingerprint density at radius 2 is 0.971 bits per heavy atom. The van der Waals surface area contributed by atoms with Crippen molar-refractivity contribution in [2.45, 2.75) is 19.6 Å². The first-order chi connectivity index (χ1) is 16.3. The molecule has 0 aliphatic rings. The van der Waals surface area contributed by atoms with Gasteiger partial charge in [0.15, 0.2) is 0 Å². The van der Waals surface area contributed by atoms with E-state index in [0.29, 0.717) is 32.5 Å². The van der Waals surface area contributed by atoms with Crippen LogP contribution in [0, 0.1) is 0 Å². The van der Waals surface area contributed by atoms with Crippen LogP contribution >= 0.6 is 23.5 Å². The molecule has 0 heterocycles. The molecular weight excluding hydrogens is 481 g/mol. The van der Waals surface area contributed by atoms with Crippen molar-refractivity contribution in [1.29, 1.82) is 0 Å². The lowest BCUT2D eigenvalue weighted by Gasteiger charge is -2.16. The normalized spacial score (nSPS) is 11.1. The van der Waals surface area contributed by atoms with Crippen LogP contribution in [0.1, 0.15) is 0 Å². The molecule has 0 radical (unpaired) electrons. The lowest BCUT2D eigenvalue weighted by Crippen LogP contribution is -2.01. The number of nitrogen functional groups attached to an aromatic ring is 4. The van der Waals surface area contributed by atoms with Crippen LogP contribution in [0.25, 0.3) is 22.3 Å². The molecular formula is C26H26N4OS3. The lowest BCUT2D eigenvalue weighted by atomic mass is 10.0. The van der Waals surface area contributed by atoms with Gasteiger partial charge in [0.25, 0.3) is 0 Å². The Balaban J connectivity index is 1.91. The number of rotatable bonds is 6. The fraction of sp³-hybridized carbons (Fsp3) is 0.0769. The second-order valence-electron chi connectivity index (χ2n) is 7.68. The summed E-state index contributed by atoms with van der Waals surface area (Å²) in [6.07, 6.45) is 4.02. The third-order valence-electron chi connectivity index (χ3n) is 5.57. The maximum Gasteiger partial charge on any atom is 0.0862 e. The molecule has 0 bridgehead atoms. The van der Waals surface area contributed by atoms with Crippen LogP contribution in [0.2, 0.25) is 0 Å². The summed E-state index contributed by atoms with van der Waals surface area (Å²) in [5, 5.41) is 0. The average molecular weight is 507 g/mol. The van der Waals surface area contributed by atoms with Crippen LogP contribution in [0.15, 0.2) is 92.4 Å². The zero-order valence-electron chi connectivity index (χ0n) is 18.9. The summed E-state index contributed by atoms with van der Waals surface area (Å²) in [5.74, 6) is 0. The second-order valence-corrected chi connectivity index (χ2v) is 10.9. The number of hydrogen-bond acceptors (Lipinski definition) is 7. The highest BCUT2D eigenvalue weighted by atomic mass is 32.2. The SMILES string of the molecule is CSc1ccc(S(=O)c2ccc(SC)cc2-c2ccc(N)c(N)c2)c(-c2ccc(N)c(N)c2)c1. The first-order valence-corrected chi connectivity index (χ1v) is 14.0. The molecule has 0 unspecified atom stereocenters. The predicted octanol–water partition coefficient (Wildman–Crippen LogP) is 5.96. The van der Waals surface area contributed by atoms with Gasteiger partial charge in [-0.1, -0.05) is 12.1 Å². The first-order valence-electron chi connectivity index (χ1n) is 10.4. The highest BCUT2D eigenvalue weighted by Crippen LogP contribution is 2.38. The monoisotopic (exact) mass is 506 g/mol. The van der Waals surface area contributed by atoms with Crippen LogP contribution in [0.3, 0.4) is 0 Å². The second kappa shape index (κ2) is 10.0. The van der Waals surface area contributed by atoms with Gasteiger partial charge in [0.05, 0.1) is 43.3 Å². The van der Waals surface area contributed by atoms with Crippen LogP contribution in [-0.2, 0) is 10.8 Å². The van der Waals surface area contributed by atoms with Gasteiger partial charge >= 0.3 is 0 Å². The average Bonchev–Trinajstić information content (AvgIpc) is 2.86. The minimum absolute atomic E-state index is 0.492. The van der Waals surface area contributed by atoms with Gasteiger partial charge in [0.2, 0.25) is 0 Å². The standard InChI is InChI=1S/C26H26N4OS3/c1-32-17-5-9-25(19(13-17)15-3-7-21(27)23(29)11-15)34(31)26-10-6-18(33-2)14-20(26)16-4-8-22(28)24(30)12-16/h3-14H,27-30H2,1-2H3. The topological polar surface area (TPSA) is 121 Å². The maximum absolute atomic E-state index is 14.1. The molecule has 8 N–H and O–H groups in total. The molecule has 4 aromatic rings. The molecule has 0 amide bonds. The fourth-order valence-electron chi connectivity index (χ4n) is 3.65. The molecule has 174 valence electrons. The maximum atomic E-state index is 14.1. The highest BCUT2D eigenvalue weighted by molar-refractivity contribution is 7.98. The molecule has 5 nitrogen and oxygen atoms in total. The molecule has 0 aromatic heterocycles. The van der Waals surface area contributed by atoms with E-state index < -0.39 is 10.8 Å². The number of benzene rings is 4. The molecule has 4 rings (SSSR count). The minimum Gasteiger partial charge on any atom is -0.397 e. The van der Waals surface area contributed by atoms with Gasteiger partial charge in [0, 0.05) is 9.79 Å². The quantitative estimate of drug-likeness (QED) is 0.188. The van der Waals surface area contributed by atoms with E-state index in [0.717, 1.165) is 32.0 Å². The number of thioether (sulfide) groups is 2. The molecule has 0 saturated heterocycles. The molecule has 0 fully saturated rings. The third-order valence-corrected chi connectivity index (χ3v) is 8.53. The van der Waals surface area contributed by atoms with Crippen LogP contribution < -0.4 is 22.9 Å². The Kier molecular flexibility index (Phi) is 7.11. The highest BCUT2D eigenvalue weighted by Gasteiger charge is 2.19. The van der Waals surface area contributed by atoms with Gasteiger partial charge in [0.1, 0.15) is 0 Å². The van der Waals surface area contributed by atoms with Crippen molar-refractivity contribution in [3.05, 3.63) is 72.8 Å². The van der Waals surface area contributed by atoms with Gasteiger partial charge in [-0.2, -0.15) is 0 Å². The van der Waals surface area contributed by atoms with Gasteiger partial charge < -0.3 is 22.9 Å². The Morgan fingerprint density at radius 3 is 1.32 bits per heavy atom. The van der Waals surface area contributed by atoms with Gasteiger partial charge in [-0.05, 0) is 95.4 Å². The van der Waals surface area contributed by atoms with Gasteiger partial charge in [-0.25, -0.2) is 4.21 Å². The smallest absolute Gasteiger partial charge is 0.0862 e. The summed E-state index contributed by atoms with van der Waals surface area (Å²) < 4.78 is 14.1. The van der Waals surface area contributed by atoms with E-state index in [4.69, 9.17) is 22.9 Å². The number of anilines is 4. The molecule has 0 atom stereocenters. The summed E-state index contributed by atoms with van der Waals surface area (Å²) >= 11 is 3.25. The van der Waals surface area contributed by atoms with E-state index in [1.54, 1.807) is 35.7 Å². The van der Waals surface area contributed by atoms with E-state index >= 15 is 0 Å². The molecule has 0 aliphatic carbocycles. The summed E-state index contributed by atoms with van der Waals surface area (Å²) in [5.41, 5.74) is 29.5. The van der Waals surface area contributed by atoms with Crippen molar-refractivity contribution in [1.82, 2.24) is 0 Å². The van der Waals surface area contributed by atoms with Gasteiger partial charge in [-0.15, -0.1) is 23.5 Å². The predicted molar refractivity (Wildman–Crippen MR) is 150 cm³/mol. The Labute approximate surface area is 210 Å². The fourth-order valence-corrected chi connectivity index (χ4v) is 5.90. The molecule has 0 saturated carbocycles. The van der Waals surface area contributed by atoms with Crippen molar-refractivity contribution < 1.29 is 4.21 Å². The summed E-state index contributed by atoms with van der Waals surface area (Å²) in [4.78, 5) is 3.53. The Morgan fingerprint density at radius 1 is 0.559 bits per heavy atom. The molecule has 0 aliphatic heterocycles. The third kappa shape index (κ3) is 4.75. The van der Waals surface area contributed by atoms with Crippen molar-refractivity contribution in [3.63, 3.8) is 0 Å². The minimum atomic E-state index is -1.48. The molecule has 8 heteroatoms. The summed E-state index contributed by atoms with van der Waals surface area (Å²) in [7, 11) is -1.48. The number of hydrogen-bond donors (Lipinski definition) is 4. The van der Waals surface area contributed by atoms with Gasteiger partial charge in [-0.3, -0.25) is 0 Å². The van der Waals surface area contributed by atoms with Crippen molar-refractivity contribution in [3.8, 4) is 22.3 Å². The van der Waals surface area contributed by atoms with E-state index in [1.165, 1.54) is 0 Å². The zero-order chi connectivity index (χ0) is 24.4. The van der Waals surface area contributed by atoms with Crippen LogP contribution in [-0.4, -0.2) is 16.7 Å². The Hall–Kier alpha value is -3.07. The number of nitrogens with two attached hydrogens (primary N) is 4. The van der Waals surface area contributed by atoms with Crippen LogP contribution in [0.4, 0.5) is 22.7 Å². The van der Waals surface area contributed by atoms with E-state index in [-0.39, 0.29) is 0 Å². The van der Waals surface area contributed by atoms with E-state index in [9.17, 15) is 4.21 Å². The Bertz CT molecular complexity index is 1300. The van der Waals surface area contributed by atoms with Crippen molar-refractivity contribution in [2.75, 3.05) is 35.4 Å². The van der Waals surface area contributed by atoms with Crippen molar-refractivity contribution >= 4 is 57.1 Å². The van der Waals surface area contributed by atoms with E-state index in [2.05, 4.69) is 0 Å². The largest absolute Gasteiger partial charge is 0.397 e. The summed E-state index contributed by atoms with van der Waals surface area (Å²) in [6, 6.07) is 22.9. The molecule has 0 spiro atoms. The molecule has 4 aromatic carbocycles. The summed E-state index contributed by atoms with van der Waals surface area (Å²) in [6.45, 7) is 0. The molecule has 34 heavy (non-hydrogen) atoms. The first kappa shape index (κ1) is 24.1. The lowest BCUT2D eigenvalue weighted by molar-refractivity contribution is 0.683.